The fraction of sp³-hybridized carbons (Fsp3) is 0.842. The smallest absolute Gasteiger partial charge is 0.306 e. The topological polar surface area (TPSA) is 175 Å². The number of allylic oxidation sites excluding steroid dienone is 9. The third-order valence-electron chi connectivity index (χ3n) is 17.4. The molecule has 0 aliphatic carbocycles. The number of carbonyl (C=O) groups is 2. The lowest BCUT2D eigenvalue weighted by atomic mass is 9.99. The largest absolute Gasteiger partial charge is 0.454 e. The van der Waals surface area contributed by atoms with E-state index >= 15 is 0 Å². The zero-order chi connectivity index (χ0) is 63.1. The van der Waals surface area contributed by atoms with E-state index < -0.39 is 67.4 Å². The molecule has 1 fully saturated rings. The van der Waals surface area contributed by atoms with E-state index in [4.69, 9.17) is 14.2 Å². The molecule has 11 heteroatoms. The highest BCUT2D eigenvalue weighted by Gasteiger charge is 2.47. The minimum Gasteiger partial charge on any atom is -0.454 e. The maximum absolute atomic E-state index is 13.5. The van der Waals surface area contributed by atoms with Crippen LogP contribution in [0.3, 0.4) is 0 Å². The molecule has 0 aromatic rings. The second kappa shape index (κ2) is 63.5. The van der Waals surface area contributed by atoms with Crippen LogP contribution in [0.15, 0.2) is 60.8 Å². The van der Waals surface area contributed by atoms with Gasteiger partial charge in [0.05, 0.1) is 25.4 Å². The average molecular weight is 1230 g/mol. The molecule has 8 unspecified atom stereocenters. The molecular formula is C76H139NO10. The molecule has 0 bridgehead atoms. The molecule has 6 N–H and O–H groups in total. The molecule has 508 valence electrons. The number of esters is 1. The van der Waals surface area contributed by atoms with E-state index in [9.17, 15) is 35.1 Å². The Morgan fingerprint density at radius 1 is 0.448 bits per heavy atom. The van der Waals surface area contributed by atoms with Crippen LogP contribution in [0, 0.1) is 0 Å². The number of amides is 1. The van der Waals surface area contributed by atoms with Crippen LogP contribution in [0.1, 0.15) is 348 Å². The van der Waals surface area contributed by atoms with E-state index in [2.05, 4.69) is 74.7 Å². The van der Waals surface area contributed by atoms with Crippen molar-refractivity contribution < 1.29 is 49.3 Å². The van der Waals surface area contributed by atoms with Crippen LogP contribution in [0.2, 0.25) is 0 Å². The monoisotopic (exact) mass is 1230 g/mol. The van der Waals surface area contributed by atoms with Gasteiger partial charge in [0.15, 0.2) is 12.4 Å². The van der Waals surface area contributed by atoms with Crippen molar-refractivity contribution in [1.29, 1.82) is 0 Å². The number of rotatable bonds is 64. The van der Waals surface area contributed by atoms with Crippen LogP contribution in [-0.2, 0) is 23.8 Å². The molecule has 1 rings (SSSR count). The van der Waals surface area contributed by atoms with Gasteiger partial charge < -0.3 is 45.1 Å². The van der Waals surface area contributed by atoms with Crippen molar-refractivity contribution in [3.8, 4) is 0 Å². The zero-order valence-electron chi connectivity index (χ0n) is 56.6. The summed E-state index contributed by atoms with van der Waals surface area (Å²) in [5.41, 5.74) is 0. The summed E-state index contributed by atoms with van der Waals surface area (Å²) in [6, 6.07) is -1.02. The number of unbranched alkanes of at least 4 members (excludes halogenated alkanes) is 42. The third-order valence-corrected chi connectivity index (χ3v) is 17.4. The van der Waals surface area contributed by atoms with Crippen molar-refractivity contribution in [2.75, 3.05) is 13.2 Å². The quantitative estimate of drug-likeness (QED) is 0.0195. The molecule has 1 amide bonds. The summed E-state index contributed by atoms with van der Waals surface area (Å²) in [5.74, 6) is -1.19. The van der Waals surface area contributed by atoms with E-state index in [1.807, 2.05) is 6.08 Å². The van der Waals surface area contributed by atoms with Crippen LogP contribution in [0.25, 0.3) is 0 Å². The molecule has 11 nitrogen and oxygen atoms in total. The van der Waals surface area contributed by atoms with Gasteiger partial charge in [0.1, 0.15) is 24.4 Å². The minimum absolute atomic E-state index is 0.117. The molecule has 0 radical (unpaired) electrons. The lowest BCUT2D eigenvalue weighted by Crippen LogP contribution is -2.61. The number of nitrogens with one attached hydrogen (secondary N) is 1. The lowest BCUT2D eigenvalue weighted by Gasteiger charge is -2.41. The molecule has 0 saturated carbocycles. The van der Waals surface area contributed by atoms with Gasteiger partial charge in [0, 0.05) is 6.42 Å². The average Bonchev–Trinajstić information content (AvgIpc) is 3.12. The van der Waals surface area contributed by atoms with Gasteiger partial charge in [-0.25, -0.2) is 0 Å². The lowest BCUT2D eigenvalue weighted by molar-refractivity contribution is -0.305. The summed E-state index contributed by atoms with van der Waals surface area (Å²) < 4.78 is 17.7. The molecule has 0 aromatic carbocycles. The molecule has 0 aromatic heterocycles. The summed E-state index contributed by atoms with van der Waals surface area (Å²) >= 11 is 0. The fourth-order valence-corrected chi connectivity index (χ4v) is 11.6. The van der Waals surface area contributed by atoms with Crippen molar-refractivity contribution in [3.05, 3.63) is 60.8 Å². The summed E-state index contributed by atoms with van der Waals surface area (Å²) in [4.78, 5) is 26.7. The van der Waals surface area contributed by atoms with E-state index in [0.29, 0.717) is 19.3 Å². The fourth-order valence-electron chi connectivity index (χ4n) is 11.6. The summed E-state index contributed by atoms with van der Waals surface area (Å²) in [6.45, 7) is 5.80. The highest BCUT2D eigenvalue weighted by molar-refractivity contribution is 5.80. The molecule has 8 atom stereocenters. The van der Waals surface area contributed by atoms with Crippen LogP contribution in [0.5, 0.6) is 0 Å². The van der Waals surface area contributed by atoms with Gasteiger partial charge in [-0.2, -0.15) is 0 Å². The van der Waals surface area contributed by atoms with Gasteiger partial charge in [0.2, 0.25) is 5.91 Å². The number of aliphatic hydroxyl groups excluding tert-OH is 5. The van der Waals surface area contributed by atoms with Crippen molar-refractivity contribution in [2.45, 2.75) is 397 Å². The molecule has 1 aliphatic heterocycles. The molecule has 0 spiro atoms. The van der Waals surface area contributed by atoms with E-state index in [1.54, 1.807) is 6.08 Å². The van der Waals surface area contributed by atoms with Gasteiger partial charge in [-0.1, -0.05) is 332 Å². The Balaban J connectivity index is 2.53. The SMILES string of the molecule is CCCCC/C=C\C/C=C\C/C=C\C/C=C\CCCCCCCCCCCC(=O)OC1C(OCC(NC(=O)C(O)CCCCCCCCCCCCCCCCCCCCCCCC)C(O)/C=C/CCCCCCCCCCC)OC(CO)C(O)C1O. The Morgan fingerprint density at radius 3 is 1.21 bits per heavy atom. The van der Waals surface area contributed by atoms with Crippen molar-refractivity contribution in [2.24, 2.45) is 0 Å². The summed E-state index contributed by atoms with van der Waals surface area (Å²) in [6.07, 6.45) is 71.2. The maximum atomic E-state index is 13.5. The van der Waals surface area contributed by atoms with Gasteiger partial charge in [-0.15, -0.1) is 0 Å². The van der Waals surface area contributed by atoms with E-state index in [0.717, 1.165) is 89.9 Å². The number of ether oxygens (including phenoxy) is 3. The Morgan fingerprint density at radius 2 is 0.793 bits per heavy atom. The Bertz CT molecular complexity index is 1650. The van der Waals surface area contributed by atoms with Crippen molar-refractivity contribution in [3.63, 3.8) is 0 Å². The molecule has 1 aliphatic rings. The van der Waals surface area contributed by atoms with Gasteiger partial charge in [-0.3, -0.25) is 9.59 Å². The first-order valence-electron chi connectivity index (χ1n) is 37.1. The number of hydrogen-bond donors (Lipinski definition) is 6. The highest BCUT2D eigenvalue weighted by Crippen LogP contribution is 2.26. The number of aliphatic hydroxyl groups is 5. The van der Waals surface area contributed by atoms with Gasteiger partial charge >= 0.3 is 5.97 Å². The first kappa shape index (κ1) is 82.4. The summed E-state index contributed by atoms with van der Waals surface area (Å²) in [7, 11) is 0. The first-order valence-corrected chi connectivity index (χ1v) is 37.1. The van der Waals surface area contributed by atoms with Crippen molar-refractivity contribution in [1.82, 2.24) is 5.32 Å². The Labute approximate surface area is 535 Å². The van der Waals surface area contributed by atoms with E-state index in [-0.39, 0.29) is 13.0 Å². The predicted octanol–water partition coefficient (Wildman–Crippen LogP) is 19.3. The normalized spacial score (nSPS) is 18.6. The van der Waals surface area contributed by atoms with Crippen LogP contribution < -0.4 is 5.32 Å². The third kappa shape index (κ3) is 50.7. The van der Waals surface area contributed by atoms with Gasteiger partial charge in [-0.05, 0) is 70.6 Å². The maximum Gasteiger partial charge on any atom is 0.306 e. The number of carbonyl (C=O) groups excluding carboxylic acids is 2. The van der Waals surface area contributed by atoms with E-state index in [1.165, 1.54) is 212 Å². The van der Waals surface area contributed by atoms with Crippen LogP contribution in [-0.4, -0.2) is 99.6 Å². The zero-order valence-corrected chi connectivity index (χ0v) is 56.6. The number of hydrogen-bond acceptors (Lipinski definition) is 10. The van der Waals surface area contributed by atoms with Gasteiger partial charge in [0.25, 0.3) is 0 Å². The minimum atomic E-state index is -1.62. The Hall–Kier alpha value is -2.64. The second-order valence-corrected chi connectivity index (χ2v) is 25.7. The molecule has 1 heterocycles. The molecular weight excluding hydrogens is 1090 g/mol. The highest BCUT2D eigenvalue weighted by atomic mass is 16.7. The Kier molecular flexibility index (Phi) is 60.1. The molecule has 1 saturated heterocycles. The van der Waals surface area contributed by atoms with Crippen molar-refractivity contribution >= 4 is 11.9 Å². The van der Waals surface area contributed by atoms with Crippen LogP contribution >= 0.6 is 0 Å². The van der Waals surface area contributed by atoms with Crippen LogP contribution in [0.4, 0.5) is 0 Å². The standard InChI is InChI=1S/C76H139NO10/c1-4-7-10-13-16-19-22-24-26-28-30-32-34-35-36-38-40-42-44-46-49-52-55-58-61-64-71(81)87-74-73(83)72(82)70(65-78)86-76(74)85-66-67(68(79)62-59-56-53-50-47-21-18-15-12-9-6-3)77-75(84)69(80)63-60-57-54-51-48-45-43-41-39-37-33-31-29-27-25-23-20-17-14-11-8-5-2/h16,19,24,26,30,32,35-36,59,62,67-70,72-74,76,78-80,82-83H,4-15,17-18,20-23,25,27-29,31,33-34,37-58,60-61,63-66H2,1-3H3,(H,77,84)/b19-16-,26-24-,32-30-,36-35-,62-59+. The molecule has 87 heavy (non-hydrogen) atoms. The predicted molar refractivity (Wildman–Crippen MR) is 366 cm³/mol. The first-order chi connectivity index (χ1) is 42.7. The second-order valence-electron chi connectivity index (χ2n) is 25.7. The summed E-state index contributed by atoms with van der Waals surface area (Å²) in [5, 5.41) is 57.3.